The zero-order valence-corrected chi connectivity index (χ0v) is 11.9. The van der Waals surface area contributed by atoms with Crippen molar-refractivity contribution in [2.75, 3.05) is 25.8 Å². The number of likely N-dealkylation sites (tertiary alicyclic amines) is 1. The SMILES string of the molecule is [2H]C([2H])(CC)N1CCCC(c2cccc(S(=O)(=O)C([2H])([2H])[2H])c2)C1. The fourth-order valence-electron chi connectivity index (χ4n) is 2.55. The molecule has 0 aromatic heterocycles. The second-order valence-corrected chi connectivity index (χ2v) is 6.35. The molecule has 0 saturated carbocycles. The van der Waals surface area contributed by atoms with E-state index in [1.54, 1.807) is 24.0 Å². The number of nitrogens with zero attached hydrogens (tertiary/aromatic N) is 1. The van der Waals surface area contributed by atoms with Crippen molar-refractivity contribution in [2.45, 2.75) is 37.0 Å². The zero-order chi connectivity index (χ0) is 18.2. The number of hydrogen-bond donors (Lipinski definition) is 0. The van der Waals surface area contributed by atoms with Crippen LogP contribution in [0.15, 0.2) is 29.2 Å². The summed E-state index contributed by atoms with van der Waals surface area (Å²) in [7, 11) is -4.37. The van der Waals surface area contributed by atoms with Crippen LogP contribution in [0.4, 0.5) is 0 Å². The lowest BCUT2D eigenvalue weighted by Gasteiger charge is -2.32. The van der Waals surface area contributed by atoms with Gasteiger partial charge in [-0.25, -0.2) is 8.42 Å². The average molecular weight is 286 g/mol. The number of hydrogen-bond acceptors (Lipinski definition) is 3. The van der Waals surface area contributed by atoms with E-state index in [-0.39, 0.29) is 10.8 Å². The molecule has 0 aliphatic carbocycles. The van der Waals surface area contributed by atoms with Gasteiger partial charge in [0.15, 0.2) is 9.84 Å². The van der Waals surface area contributed by atoms with Crippen LogP contribution in [0, 0.1) is 0 Å². The Hall–Kier alpha value is -0.870. The van der Waals surface area contributed by atoms with Crippen LogP contribution in [0.1, 0.15) is 44.5 Å². The Bertz CT molecular complexity index is 687. The first kappa shape index (κ1) is 9.14. The Morgan fingerprint density at radius 2 is 2.37 bits per heavy atom. The van der Waals surface area contributed by atoms with Crippen LogP contribution in [0.2, 0.25) is 0 Å². The van der Waals surface area contributed by atoms with E-state index in [0.29, 0.717) is 19.5 Å². The van der Waals surface area contributed by atoms with Crippen molar-refractivity contribution in [3.05, 3.63) is 29.8 Å². The van der Waals surface area contributed by atoms with Crippen LogP contribution >= 0.6 is 0 Å². The van der Waals surface area contributed by atoms with Crippen molar-refractivity contribution in [1.29, 1.82) is 0 Å². The molecule has 19 heavy (non-hydrogen) atoms. The highest BCUT2D eigenvalue weighted by Crippen LogP contribution is 2.28. The third kappa shape index (κ3) is 3.80. The number of sulfone groups is 1. The first-order valence-corrected chi connectivity index (χ1v) is 8.07. The highest BCUT2D eigenvalue weighted by molar-refractivity contribution is 7.90. The fraction of sp³-hybridized carbons (Fsp3) is 0.600. The minimum atomic E-state index is -4.37. The number of rotatable bonds is 4. The van der Waals surface area contributed by atoms with E-state index in [0.717, 1.165) is 18.4 Å². The van der Waals surface area contributed by atoms with Gasteiger partial charge in [-0.2, -0.15) is 0 Å². The second kappa shape index (κ2) is 6.06. The quantitative estimate of drug-likeness (QED) is 0.854. The van der Waals surface area contributed by atoms with Crippen LogP contribution in [-0.4, -0.2) is 39.1 Å². The van der Waals surface area contributed by atoms with Gasteiger partial charge in [-0.3, -0.25) is 0 Å². The van der Waals surface area contributed by atoms with Gasteiger partial charge in [0.1, 0.15) is 0 Å². The summed E-state index contributed by atoms with van der Waals surface area (Å²) in [5.74, 6) is -0.00729. The molecule has 1 aliphatic rings. The first-order valence-electron chi connectivity index (χ1n) is 9.08. The van der Waals surface area contributed by atoms with Crippen molar-refractivity contribution >= 4 is 9.84 Å². The molecule has 0 spiro atoms. The standard InChI is InChI=1S/C15H23NO2S/c1-3-9-16-10-5-7-14(12-16)13-6-4-8-15(11-13)19(2,17)18/h4,6,8,11,14H,3,5,7,9-10,12H2,1-2H3/i2D3,9D2. The van der Waals surface area contributed by atoms with Gasteiger partial charge in [-0.05, 0) is 55.9 Å². The van der Waals surface area contributed by atoms with E-state index in [4.69, 9.17) is 6.85 Å². The molecule has 4 heteroatoms. The number of piperidine rings is 1. The third-order valence-corrected chi connectivity index (χ3v) is 4.32. The van der Waals surface area contributed by atoms with Gasteiger partial charge >= 0.3 is 0 Å². The summed E-state index contributed by atoms with van der Waals surface area (Å²) in [4.78, 5) is 1.59. The van der Waals surface area contributed by atoms with Crippen LogP contribution in [0.5, 0.6) is 0 Å². The highest BCUT2D eigenvalue weighted by atomic mass is 32.2. The maximum atomic E-state index is 12.1. The molecule has 0 bridgehead atoms. The predicted molar refractivity (Wildman–Crippen MR) is 78.3 cm³/mol. The van der Waals surface area contributed by atoms with E-state index in [1.807, 2.05) is 0 Å². The summed E-state index contributed by atoms with van der Waals surface area (Å²) in [6.45, 7) is 1.58. The Morgan fingerprint density at radius 1 is 1.53 bits per heavy atom. The van der Waals surface area contributed by atoms with E-state index in [9.17, 15) is 8.42 Å². The molecule has 2 rings (SSSR count). The monoisotopic (exact) mass is 286 g/mol. The van der Waals surface area contributed by atoms with Crippen molar-refractivity contribution < 1.29 is 15.3 Å². The van der Waals surface area contributed by atoms with Crippen molar-refractivity contribution in [3.8, 4) is 0 Å². The van der Waals surface area contributed by atoms with Crippen molar-refractivity contribution in [3.63, 3.8) is 0 Å². The summed E-state index contributed by atoms with van der Waals surface area (Å²) in [6.07, 6.45) is -1.05. The lowest BCUT2D eigenvalue weighted by molar-refractivity contribution is 0.208. The number of benzene rings is 1. The topological polar surface area (TPSA) is 37.4 Å². The summed E-state index contributed by atoms with van der Waals surface area (Å²) < 4.78 is 62.0. The fourth-order valence-corrected chi connectivity index (χ4v) is 3.10. The van der Waals surface area contributed by atoms with E-state index in [1.165, 1.54) is 12.1 Å². The largest absolute Gasteiger partial charge is 0.303 e. The summed E-state index contributed by atoms with van der Waals surface area (Å²) in [6, 6.07) is 6.07. The molecule has 1 fully saturated rings. The summed E-state index contributed by atoms with van der Waals surface area (Å²) >= 11 is 0. The van der Waals surface area contributed by atoms with Gasteiger partial charge in [-0.1, -0.05) is 19.1 Å². The molecule has 1 heterocycles. The Kier molecular flexibility index (Phi) is 2.91. The Morgan fingerprint density at radius 3 is 3.11 bits per heavy atom. The molecule has 0 amide bonds. The van der Waals surface area contributed by atoms with Crippen LogP contribution < -0.4 is 0 Å². The van der Waals surface area contributed by atoms with Crippen LogP contribution in [0.25, 0.3) is 0 Å². The lowest BCUT2D eigenvalue weighted by Crippen LogP contribution is -2.34. The third-order valence-electron chi connectivity index (χ3n) is 3.44. The Labute approximate surface area is 123 Å². The van der Waals surface area contributed by atoms with E-state index >= 15 is 0 Å². The average Bonchev–Trinajstić information content (AvgIpc) is 2.54. The molecule has 1 aliphatic heterocycles. The van der Waals surface area contributed by atoms with Crippen molar-refractivity contribution in [2.24, 2.45) is 0 Å². The van der Waals surface area contributed by atoms with Crippen LogP contribution in [-0.2, 0) is 9.84 Å². The molecule has 1 atom stereocenters. The Balaban J connectivity index is 2.29. The van der Waals surface area contributed by atoms with Gasteiger partial charge in [0.25, 0.3) is 0 Å². The molecule has 1 unspecified atom stereocenters. The normalized spacial score (nSPS) is 26.8. The van der Waals surface area contributed by atoms with Crippen molar-refractivity contribution in [1.82, 2.24) is 4.90 Å². The molecule has 1 aromatic carbocycles. The maximum absolute atomic E-state index is 12.1. The predicted octanol–water partition coefficient (Wildman–Crippen LogP) is 2.68. The molecular weight excluding hydrogens is 258 g/mol. The molecule has 1 aromatic rings. The van der Waals surface area contributed by atoms with Crippen LogP contribution in [0.3, 0.4) is 0 Å². The molecule has 106 valence electrons. The highest BCUT2D eigenvalue weighted by Gasteiger charge is 2.21. The van der Waals surface area contributed by atoms with Gasteiger partial charge < -0.3 is 4.90 Å². The minimum absolute atomic E-state index is 0.00729. The minimum Gasteiger partial charge on any atom is -0.303 e. The van der Waals surface area contributed by atoms with Gasteiger partial charge in [0.2, 0.25) is 0 Å². The van der Waals surface area contributed by atoms with Gasteiger partial charge in [-0.15, -0.1) is 0 Å². The second-order valence-electron chi connectivity index (χ2n) is 4.87. The summed E-state index contributed by atoms with van der Waals surface area (Å²) in [5, 5.41) is 0. The van der Waals surface area contributed by atoms with Gasteiger partial charge in [0.05, 0.1) is 4.90 Å². The zero-order valence-electron chi connectivity index (χ0n) is 16.1. The maximum Gasteiger partial charge on any atom is 0.175 e. The first-order chi connectivity index (χ1) is 11.0. The molecule has 0 N–H and O–H groups in total. The lowest BCUT2D eigenvalue weighted by atomic mass is 9.90. The van der Waals surface area contributed by atoms with Gasteiger partial charge in [0, 0.05) is 19.6 Å². The van der Waals surface area contributed by atoms with E-state index in [2.05, 4.69) is 0 Å². The summed E-state index contributed by atoms with van der Waals surface area (Å²) in [5.41, 5.74) is 0.747. The van der Waals surface area contributed by atoms with E-state index < -0.39 is 22.5 Å². The molecular formula is C15H23NO2S. The molecule has 3 nitrogen and oxygen atoms in total. The smallest absolute Gasteiger partial charge is 0.175 e. The molecule has 0 radical (unpaired) electrons. The molecule has 1 saturated heterocycles.